The molecule has 1 heterocycles. The molecule has 0 fully saturated rings. The minimum atomic E-state index is -0.325. The van der Waals surface area contributed by atoms with Crippen molar-refractivity contribution in [2.45, 2.75) is 0 Å². The highest BCUT2D eigenvalue weighted by Crippen LogP contribution is 2.21. The summed E-state index contributed by atoms with van der Waals surface area (Å²) in [6, 6.07) is 6.65. The van der Waals surface area contributed by atoms with Crippen molar-refractivity contribution >= 4 is 11.8 Å². The van der Waals surface area contributed by atoms with Crippen LogP contribution in [0.2, 0.25) is 0 Å². The van der Waals surface area contributed by atoms with E-state index in [0.29, 0.717) is 11.1 Å². The zero-order valence-corrected chi connectivity index (χ0v) is 8.33. The molecule has 6 heteroatoms. The van der Waals surface area contributed by atoms with Crippen LogP contribution in [0.1, 0.15) is 20.7 Å². The molecule has 16 heavy (non-hydrogen) atoms. The maximum absolute atomic E-state index is 11.8. The Morgan fingerprint density at radius 3 is 2.25 bits per heavy atom. The molecule has 0 spiro atoms. The third kappa shape index (κ3) is 1.51. The fourth-order valence-corrected chi connectivity index (χ4v) is 1.63. The van der Waals surface area contributed by atoms with Crippen molar-refractivity contribution in [1.82, 2.24) is 4.90 Å². The number of hydrogen-bond donors (Lipinski definition) is 0. The molecule has 2 rings (SSSR count). The van der Waals surface area contributed by atoms with Crippen molar-refractivity contribution in [2.24, 2.45) is 5.11 Å². The van der Waals surface area contributed by atoms with Crippen LogP contribution in [0, 0.1) is 0 Å². The predicted octanol–water partition coefficient (Wildman–Crippen LogP) is 1.59. The molecule has 0 saturated carbocycles. The molecule has 0 N–H and O–H groups in total. The lowest BCUT2D eigenvalue weighted by molar-refractivity contribution is 0.0659. The summed E-state index contributed by atoms with van der Waals surface area (Å²) in [5.74, 6) is -0.650. The van der Waals surface area contributed by atoms with Crippen LogP contribution in [0.15, 0.2) is 29.4 Å². The molecule has 0 radical (unpaired) electrons. The molecule has 0 bridgehead atoms. The van der Waals surface area contributed by atoms with Gasteiger partial charge in [0.25, 0.3) is 11.8 Å². The number of hydrogen-bond acceptors (Lipinski definition) is 3. The minimum Gasteiger partial charge on any atom is -0.274 e. The summed E-state index contributed by atoms with van der Waals surface area (Å²) in [5.41, 5.74) is 8.94. The number of amides is 2. The van der Waals surface area contributed by atoms with Crippen LogP contribution in [-0.4, -0.2) is 29.8 Å². The lowest BCUT2D eigenvalue weighted by Crippen LogP contribution is -2.31. The highest BCUT2D eigenvalue weighted by Gasteiger charge is 2.34. The van der Waals surface area contributed by atoms with Gasteiger partial charge in [0.2, 0.25) is 0 Å². The number of carbonyl (C=O) groups excluding carboxylic acids is 2. The SMILES string of the molecule is [N-]=[N+]=NCCN1C(=O)c2ccccc2C1=O. The second-order valence-electron chi connectivity index (χ2n) is 3.26. The van der Waals surface area contributed by atoms with Crippen molar-refractivity contribution < 1.29 is 9.59 Å². The quantitative estimate of drug-likeness (QED) is 0.332. The molecule has 2 amide bonds. The van der Waals surface area contributed by atoms with Crippen LogP contribution in [0.5, 0.6) is 0 Å². The standard InChI is InChI=1S/C10H8N4O2/c11-13-12-5-6-14-9(15)7-3-1-2-4-8(7)10(14)16/h1-4H,5-6H2. The maximum Gasteiger partial charge on any atom is 0.261 e. The summed E-state index contributed by atoms with van der Waals surface area (Å²) in [7, 11) is 0. The van der Waals surface area contributed by atoms with Gasteiger partial charge >= 0.3 is 0 Å². The van der Waals surface area contributed by atoms with E-state index in [0.717, 1.165) is 4.90 Å². The molecule has 1 aromatic rings. The lowest BCUT2D eigenvalue weighted by atomic mass is 10.1. The highest BCUT2D eigenvalue weighted by molar-refractivity contribution is 6.21. The van der Waals surface area contributed by atoms with Gasteiger partial charge in [-0.2, -0.15) is 0 Å². The van der Waals surface area contributed by atoms with Crippen LogP contribution in [0.25, 0.3) is 10.4 Å². The Kier molecular flexibility index (Phi) is 2.57. The van der Waals surface area contributed by atoms with Crippen molar-refractivity contribution in [3.8, 4) is 0 Å². The topological polar surface area (TPSA) is 86.1 Å². The largest absolute Gasteiger partial charge is 0.274 e. The number of benzene rings is 1. The first kappa shape index (κ1) is 10.2. The van der Waals surface area contributed by atoms with Gasteiger partial charge in [-0.15, -0.1) is 0 Å². The maximum atomic E-state index is 11.8. The number of carbonyl (C=O) groups is 2. The van der Waals surface area contributed by atoms with Crippen LogP contribution < -0.4 is 0 Å². The smallest absolute Gasteiger partial charge is 0.261 e. The first-order valence-corrected chi connectivity index (χ1v) is 4.72. The molecule has 1 aliphatic rings. The average molecular weight is 216 g/mol. The summed E-state index contributed by atoms with van der Waals surface area (Å²) < 4.78 is 0. The van der Waals surface area contributed by atoms with E-state index in [1.807, 2.05) is 0 Å². The monoisotopic (exact) mass is 216 g/mol. The normalized spacial score (nSPS) is 13.6. The zero-order valence-electron chi connectivity index (χ0n) is 8.33. The molecular formula is C10H8N4O2. The van der Waals surface area contributed by atoms with Crippen LogP contribution >= 0.6 is 0 Å². The molecule has 1 aromatic carbocycles. The Morgan fingerprint density at radius 2 is 1.75 bits per heavy atom. The average Bonchev–Trinajstić information content (AvgIpc) is 2.55. The number of rotatable bonds is 3. The summed E-state index contributed by atoms with van der Waals surface area (Å²) in [5, 5.41) is 3.30. The summed E-state index contributed by atoms with van der Waals surface area (Å²) >= 11 is 0. The Hall–Kier alpha value is -2.33. The summed E-state index contributed by atoms with van der Waals surface area (Å²) in [6.45, 7) is 0.221. The first-order valence-electron chi connectivity index (χ1n) is 4.72. The van der Waals surface area contributed by atoms with E-state index in [2.05, 4.69) is 10.0 Å². The van der Waals surface area contributed by atoms with Gasteiger partial charge in [0, 0.05) is 18.0 Å². The lowest BCUT2D eigenvalue weighted by Gasteiger charge is -2.10. The van der Waals surface area contributed by atoms with Crippen molar-refractivity contribution in [1.29, 1.82) is 0 Å². The van der Waals surface area contributed by atoms with Gasteiger partial charge in [0.1, 0.15) is 0 Å². The fraction of sp³-hybridized carbons (Fsp3) is 0.200. The molecule has 0 saturated heterocycles. The van der Waals surface area contributed by atoms with Gasteiger partial charge in [0.05, 0.1) is 11.1 Å². The molecule has 80 valence electrons. The van der Waals surface area contributed by atoms with Gasteiger partial charge in [-0.25, -0.2) is 0 Å². The second kappa shape index (κ2) is 4.04. The Morgan fingerprint density at radius 1 is 1.19 bits per heavy atom. The molecule has 0 unspecified atom stereocenters. The van der Waals surface area contributed by atoms with E-state index < -0.39 is 0 Å². The molecule has 0 atom stereocenters. The zero-order chi connectivity index (χ0) is 11.5. The summed E-state index contributed by atoms with van der Waals surface area (Å²) in [6.07, 6.45) is 0. The second-order valence-corrected chi connectivity index (χ2v) is 3.26. The van der Waals surface area contributed by atoms with E-state index in [-0.39, 0.29) is 24.9 Å². The van der Waals surface area contributed by atoms with Crippen molar-refractivity contribution in [2.75, 3.05) is 13.1 Å². The minimum absolute atomic E-state index is 0.0992. The van der Waals surface area contributed by atoms with E-state index in [1.54, 1.807) is 24.3 Å². The van der Waals surface area contributed by atoms with Gasteiger partial charge in [-0.3, -0.25) is 14.5 Å². The third-order valence-electron chi connectivity index (χ3n) is 2.37. The number of imide groups is 1. The predicted molar refractivity (Wildman–Crippen MR) is 55.8 cm³/mol. The number of nitrogens with zero attached hydrogens (tertiary/aromatic N) is 4. The molecular weight excluding hydrogens is 208 g/mol. The van der Waals surface area contributed by atoms with E-state index >= 15 is 0 Å². The first-order chi connectivity index (χ1) is 7.75. The van der Waals surface area contributed by atoms with Gasteiger partial charge in [-0.05, 0) is 17.7 Å². The van der Waals surface area contributed by atoms with Crippen LogP contribution in [-0.2, 0) is 0 Å². The van der Waals surface area contributed by atoms with Crippen LogP contribution in [0.3, 0.4) is 0 Å². The molecule has 1 aliphatic heterocycles. The summed E-state index contributed by atoms with van der Waals surface area (Å²) in [4.78, 5) is 27.2. The fourth-order valence-electron chi connectivity index (χ4n) is 1.63. The molecule has 0 aromatic heterocycles. The highest BCUT2D eigenvalue weighted by atomic mass is 16.2. The third-order valence-corrected chi connectivity index (χ3v) is 2.37. The van der Waals surface area contributed by atoms with Crippen LogP contribution in [0.4, 0.5) is 0 Å². The van der Waals surface area contributed by atoms with Crippen molar-refractivity contribution in [3.63, 3.8) is 0 Å². The van der Waals surface area contributed by atoms with Gasteiger partial charge in [-0.1, -0.05) is 17.2 Å². The Labute approximate surface area is 91.1 Å². The van der Waals surface area contributed by atoms with Gasteiger partial charge < -0.3 is 0 Å². The number of azide groups is 1. The van der Waals surface area contributed by atoms with E-state index in [1.165, 1.54) is 0 Å². The number of fused-ring (bicyclic) bond motifs is 1. The Bertz CT molecular complexity index is 470. The molecule has 0 aliphatic carbocycles. The molecule has 6 nitrogen and oxygen atoms in total. The van der Waals surface area contributed by atoms with Gasteiger partial charge in [0.15, 0.2) is 0 Å². The van der Waals surface area contributed by atoms with E-state index in [9.17, 15) is 9.59 Å². The Balaban J connectivity index is 2.24. The van der Waals surface area contributed by atoms with E-state index in [4.69, 9.17) is 5.53 Å². The van der Waals surface area contributed by atoms with Crippen molar-refractivity contribution in [3.05, 3.63) is 45.8 Å².